The van der Waals surface area contributed by atoms with Crippen molar-refractivity contribution in [2.24, 2.45) is 0 Å². The van der Waals surface area contributed by atoms with Gasteiger partial charge in [-0.3, -0.25) is 4.79 Å². The molecule has 6 nitrogen and oxygen atoms in total. The molecular formula is C23H19N3O3. The van der Waals surface area contributed by atoms with Gasteiger partial charge in [-0.15, -0.1) is 0 Å². The Hall–Kier alpha value is -4.11. The van der Waals surface area contributed by atoms with E-state index in [1.165, 1.54) is 24.3 Å². The third kappa shape index (κ3) is 4.25. The first-order chi connectivity index (χ1) is 13.9. The zero-order chi connectivity index (χ0) is 21.0. The lowest BCUT2D eigenvalue weighted by atomic mass is 10.1. The number of amides is 1. The monoisotopic (exact) mass is 385 g/mol. The third-order valence-electron chi connectivity index (χ3n) is 4.54. The predicted molar refractivity (Wildman–Crippen MR) is 111 cm³/mol. The molecule has 3 aromatic rings. The summed E-state index contributed by atoms with van der Waals surface area (Å²) in [5, 5.41) is 21.0. The van der Waals surface area contributed by atoms with Gasteiger partial charge in [0.05, 0.1) is 5.56 Å². The second-order valence-electron chi connectivity index (χ2n) is 6.50. The van der Waals surface area contributed by atoms with Crippen molar-refractivity contribution in [3.8, 4) is 11.8 Å². The second kappa shape index (κ2) is 8.28. The molecule has 1 heterocycles. The highest BCUT2D eigenvalue weighted by Crippen LogP contribution is 2.23. The molecule has 1 aromatic heterocycles. The quantitative estimate of drug-likeness (QED) is 0.504. The molecule has 144 valence electrons. The summed E-state index contributed by atoms with van der Waals surface area (Å²) in [4.78, 5) is 23.4. The van der Waals surface area contributed by atoms with E-state index in [-0.39, 0.29) is 11.1 Å². The first-order valence-corrected chi connectivity index (χ1v) is 8.91. The summed E-state index contributed by atoms with van der Waals surface area (Å²) in [5.74, 6) is -1.60. The highest BCUT2D eigenvalue weighted by Gasteiger charge is 2.14. The number of carboxylic acids is 1. The van der Waals surface area contributed by atoms with Gasteiger partial charge in [-0.2, -0.15) is 5.26 Å². The summed E-state index contributed by atoms with van der Waals surface area (Å²) >= 11 is 0. The van der Waals surface area contributed by atoms with Crippen LogP contribution >= 0.6 is 0 Å². The van der Waals surface area contributed by atoms with Gasteiger partial charge in [-0.1, -0.05) is 18.2 Å². The minimum absolute atomic E-state index is 0.0411. The van der Waals surface area contributed by atoms with Gasteiger partial charge in [-0.25, -0.2) is 4.79 Å². The Bertz CT molecular complexity index is 1130. The van der Waals surface area contributed by atoms with Crippen LogP contribution in [-0.2, 0) is 4.79 Å². The largest absolute Gasteiger partial charge is 0.478 e. The van der Waals surface area contributed by atoms with E-state index in [0.29, 0.717) is 5.69 Å². The Balaban J connectivity index is 1.87. The van der Waals surface area contributed by atoms with Crippen molar-refractivity contribution in [3.05, 3.63) is 88.8 Å². The maximum absolute atomic E-state index is 12.5. The number of anilines is 1. The first kappa shape index (κ1) is 19.6. The van der Waals surface area contributed by atoms with Gasteiger partial charge in [0, 0.05) is 22.8 Å². The Morgan fingerprint density at radius 2 is 1.72 bits per heavy atom. The summed E-state index contributed by atoms with van der Waals surface area (Å²) in [7, 11) is 0. The molecule has 0 saturated heterocycles. The normalized spacial score (nSPS) is 11.0. The lowest BCUT2D eigenvalue weighted by molar-refractivity contribution is -0.112. The average molecular weight is 385 g/mol. The zero-order valence-corrected chi connectivity index (χ0v) is 16.0. The Labute approximate surface area is 168 Å². The van der Waals surface area contributed by atoms with Crippen LogP contribution in [0, 0.1) is 25.2 Å². The molecule has 0 radical (unpaired) electrons. The number of nitrogens with one attached hydrogen (secondary N) is 1. The number of benzene rings is 2. The van der Waals surface area contributed by atoms with Crippen LogP contribution < -0.4 is 5.32 Å². The standard InChI is InChI=1S/C23H19N3O3/c1-15-12-18(16(2)26(15)21-6-4-3-5-7-21)13-19(14-24)22(27)25-20-10-8-17(9-11-20)23(28)29/h3-13H,1-2H3,(H,25,27)(H,28,29)/b19-13-. The molecule has 29 heavy (non-hydrogen) atoms. The molecule has 0 bridgehead atoms. The van der Waals surface area contributed by atoms with Crippen molar-refractivity contribution in [2.75, 3.05) is 5.32 Å². The Morgan fingerprint density at radius 1 is 1.07 bits per heavy atom. The first-order valence-electron chi connectivity index (χ1n) is 8.91. The van der Waals surface area contributed by atoms with Crippen LogP contribution in [0.4, 0.5) is 5.69 Å². The SMILES string of the molecule is Cc1cc(/C=C(/C#N)C(=O)Nc2ccc(C(=O)O)cc2)c(C)n1-c1ccccc1. The van der Waals surface area contributed by atoms with Crippen LogP contribution in [0.5, 0.6) is 0 Å². The molecular weight excluding hydrogens is 366 g/mol. The van der Waals surface area contributed by atoms with Crippen molar-refractivity contribution in [1.29, 1.82) is 5.26 Å². The minimum atomic E-state index is -1.05. The number of carbonyl (C=O) groups is 2. The Kier molecular flexibility index (Phi) is 5.61. The number of carboxylic acid groups (broad SMARTS) is 1. The Morgan fingerprint density at radius 3 is 2.31 bits per heavy atom. The summed E-state index contributed by atoms with van der Waals surface area (Å²) < 4.78 is 2.06. The molecule has 2 N–H and O–H groups in total. The smallest absolute Gasteiger partial charge is 0.335 e. The lowest BCUT2D eigenvalue weighted by Gasteiger charge is -2.09. The number of hydrogen-bond donors (Lipinski definition) is 2. The van der Waals surface area contributed by atoms with E-state index >= 15 is 0 Å². The van der Waals surface area contributed by atoms with E-state index in [1.54, 1.807) is 6.08 Å². The molecule has 0 aliphatic heterocycles. The molecule has 0 spiro atoms. The third-order valence-corrected chi connectivity index (χ3v) is 4.54. The molecule has 0 aliphatic carbocycles. The van der Waals surface area contributed by atoms with Crippen LogP contribution in [0.25, 0.3) is 11.8 Å². The second-order valence-corrected chi connectivity index (χ2v) is 6.50. The van der Waals surface area contributed by atoms with Crippen molar-refractivity contribution in [2.45, 2.75) is 13.8 Å². The molecule has 0 unspecified atom stereocenters. The number of aryl methyl sites for hydroxylation is 1. The number of aromatic carboxylic acids is 1. The van der Waals surface area contributed by atoms with E-state index in [9.17, 15) is 14.9 Å². The lowest BCUT2D eigenvalue weighted by Crippen LogP contribution is -2.13. The van der Waals surface area contributed by atoms with Crippen LogP contribution in [0.2, 0.25) is 0 Å². The van der Waals surface area contributed by atoms with E-state index in [2.05, 4.69) is 9.88 Å². The van der Waals surface area contributed by atoms with Crippen molar-refractivity contribution in [1.82, 2.24) is 4.57 Å². The van der Waals surface area contributed by atoms with Crippen LogP contribution in [0.3, 0.4) is 0 Å². The van der Waals surface area contributed by atoms with Gasteiger partial charge < -0.3 is 15.0 Å². The minimum Gasteiger partial charge on any atom is -0.478 e. The maximum Gasteiger partial charge on any atom is 0.335 e. The van der Waals surface area contributed by atoms with Crippen molar-refractivity contribution in [3.63, 3.8) is 0 Å². The number of rotatable bonds is 5. The molecule has 0 atom stereocenters. The van der Waals surface area contributed by atoms with Gasteiger partial charge in [-0.05, 0) is 68.0 Å². The fraction of sp³-hybridized carbons (Fsp3) is 0.0870. The zero-order valence-electron chi connectivity index (χ0n) is 16.0. The highest BCUT2D eigenvalue weighted by molar-refractivity contribution is 6.09. The summed E-state index contributed by atoms with van der Waals surface area (Å²) in [6.45, 7) is 3.90. The van der Waals surface area contributed by atoms with Gasteiger partial charge in [0.2, 0.25) is 0 Å². The number of nitrogens with zero attached hydrogens (tertiary/aromatic N) is 2. The average Bonchev–Trinajstić information content (AvgIpc) is 3.00. The number of carbonyl (C=O) groups excluding carboxylic acids is 1. The van der Waals surface area contributed by atoms with Gasteiger partial charge in [0.15, 0.2) is 0 Å². The summed E-state index contributed by atoms with van der Waals surface area (Å²) in [5.41, 5.74) is 4.17. The fourth-order valence-corrected chi connectivity index (χ4v) is 3.11. The topological polar surface area (TPSA) is 95.1 Å². The predicted octanol–water partition coefficient (Wildman–Crippen LogP) is 4.34. The maximum atomic E-state index is 12.5. The van der Waals surface area contributed by atoms with Gasteiger partial charge >= 0.3 is 5.97 Å². The molecule has 1 amide bonds. The highest BCUT2D eigenvalue weighted by atomic mass is 16.4. The molecule has 6 heteroatoms. The van der Waals surface area contributed by atoms with Crippen LogP contribution in [0.15, 0.2) is 66.2 Å². The van der Waals surface area contributed by atoms with E-state index in [1.807, 2.05) is 56.3 Å². The van der Waals surface area contributed by atoms with Gasteiger partial charge in [0.25, 0.3) is 5.91 Å². The van der Waals surface area contributed by atoms with Gasteiger partial charge in [0.1, 0.15) is 11.6 Å². The fourth-order valence-electron chi connectivity index (χ4n) is 3.11. The van der Waals surface area contributed by atoms with Crippen LogP contribution in [-0.4, -0.2) is 21.6 Å². The number of para-hydroxylation sites is 1. The molecule has 0 fully saturated rings. The summed E-state index contributed by atoms with van der Waals surface area (Å²) in [6, 6.07) is 19.4. The van der Waals surface area contributed by atoms with Crippen molar-refractivity contribution >= 4 is 23.6 Å². The van der Waals surface area contributed by atoms with E-state index in [4.69, 9.17) is 5.11 Å². The van der Waals surface area contributed by atoms with E-state index < -0.39 is 11.9 Å². The summed E-state index contributed by atoms with van der Waals surface area (Å²) in [6.07, 6.45) is 1.56. The van der Waals surface area contributed by atoms with Crippen molar-refractivity contribution < 1.29 is 14.7 Å². The number of nitriles is 1. The van der Waals surface area contributed by atoms with Crippen LogP contribution in [0.1, 0.15) is 27.3 Å². The molecule has 3 rings (SSSR count). The molecule has 0 aliphatic rings. The molecule has 2 aromatic carbocycles. The van der Waals surface area contributed by atoms with E-state index in [0.717, 1.165) is 22.6 Å². The number of hydrogen-bond acceptors (Lipinski definition) is 3. The number of aromatic nitrogens is 1. The molecule has 0 saturated carbocycles.